The van der Waals surface area contributed by atoms with Crippen LogP contribution in [0.1, 0.15) is 17.0 Å². The monoisotopic (exact) mass is 250 g/mol. The fourth-order valence-corrected chi connectivity index (χ4v) is 2.48. The molecule has 1 heterocycles. The lowest BCUT2D eigenvalue weighted by molar-refractivity contribution is 0.787. The quantitative estimate of drug-likeness (QED) is 0.693. The molecule has 0 radical (unpaired) electrons. The lowest BCUT2D eigenvalue weighted by Gasteiger charge is -2.02. The predicted octanol–water partition coefficient (Wildman–Crippen LogP) is 3.67. The van der Waals surface area contributed by atoms with Gasteiger partial charge < -0.3 is 4.57 Å². The van der Waals surface area contributed by atoms with Crippen LogP contribution in [-0.2, 0) is 19.9 Å². The summed E-state index contributed by atoms with van der Waals surface area (Å²) >= 11 is 0. The van der Waals surface area contributed by atoms with E-state index < -0.39 is 0 Å². The van der Waals surface area contributed by atoms with Gasteiger partial charge >= 0.3 is 0 Å². The maximum atomic E-state index is 4.75. The van der Waals surface area contributed by atoms with Gasteiger partial charge in [-0.25, -0.2) is 4.98 Å². The number of imidazole rings is 1. The average molecular weight is 250 g/mol. The van der Waals surface area contributed by atoms with Crippen molar-refractivity contribution >= 4 is 11.0 Å². The molecular formula is C17H18N2. The summed E-state index contributed by atoms with van der Waals surface area (Å²) in [4.78, 5) is 4.75. The van der Waals surface area contributed by atoms with Crippen LogP contribution in [0.5, 0.6) is 0 Å². The Morgan fingerprint density at radius 1 is 1.00 bits per heavy atom. The Balaban J connectivity index is 1.87. The third kappa shape index (κ3) is 2.39. The van der Waals surface area contributed by atoms with Gasteiger partial charge in [0, 0.05) is 13.5 Å². The highest BCUT2D eigenvalue weighted by molar-refractivity contribution is 5.76. The van der Waals surface area contributed by atoms with Crippen molar-refractivity contribution < 1.29 is 0 Å². The summed E-state index contributed by atoms with van der Waals surface area (Å²) in [6.07, 6.45) is 2.02. The second kappa shape index (κ2) is 4.88. The summed E-state index contributed by atoms with van der Waals surface area (Å²) < 4.78 is 2.21. The number of fused-ring (bicyclic) bond motifs is 1. The Bertz CT molecular complexity index is 696. The van der Waals surface area contributed by atoms with E-state index in [1.807, 2.05) is 0 Å². The molecule has 1 aromatic heterocycles. The first-order valence-electron chi connectivity index (χ1n) is 6.70. The molecule has 2 heteroatoms. The van der Waals surface area contributed by atoms with Gasteiger partial charge in [0.25, 0.3) is 0 Å². The lowest BCUT2D eigenvalue weighted by Crippen LogP contribution is -2.00. The van der Waals surface area contributed by atoms with Crippen molar-refractivity contribution in [2.24, 2.45) is 7.05 Å². The van der Waals surface area contributed by atoms with Gasteiger partial charge in [0.2, 0.25) is 0 Å². The van der Waals surface area contributed by atoms with Gasteiger partial charge in [-0.3, -0.25) is 0 Å². The summed E-state index contributed by atoms with van der Waals surface area (Å²) in [6, 6.07) is 17.0. The number of hydrogen-bond donors (Lipinski definition) is 0. The number of hydrogen-bond acceptors (Lipinski definition) is 1. The Morgan fingerprint density at radius 2 is 1.79 bits per heavy atom. The van der Waals surface area contributed by atoms with Crippen LogP contribution in [0, 0.1) is 6.92 Å². The van der Waals surface area contributed by atoms with Crippen LogP contribution in [0.15, 0.2) is 48.5 Å². The zero-order chi connectivity index (χ0) is 13.2. The number of nitrogens with zero attached hydrogens (tertiary/aromatic N) is 2. The van der Waals surface area contributed by atoms with Gasteiger partial charge in [0.1, 0.15) is 5.82 Å². The summed E-state index contributed by atoms with van der Waals surface area (Å²) in [5.41, 5.74) is 4.95. The molecule has 0 fully saturated rings. The van der Waals surface area contributed by atoms with E-state index in [4.69, 9.17) is 4.98 Å². The topological polar surface area (TPSA) is 17.8 Å². The van der Waals surface area contributed by atoms with Crippen LogP contribution in [-0.4, -0.2) is 9.55 Å². The highest BCUT2D eigenvalue weighted by Gasteiger charge is 2.07. The van der Waals surface area contributed by atoms with Crippen molar-refractivity contribution in [2.45, 2.75) is 19.8 Å². The van der Waals surface area contributed by atoms with E-state index in [1.54, 1.807) is 0 Å². The largest absolute Gasteiger partial charge is 0.331 e. The second-order valence-corrected chi connectivity index (χ2v) is 5.06. The first-order chi connectivity index (χ1) is 9.24. The van der Waals surface area contributed by atoms with E-state index in [1.165, 1.54) is 16.6 Å². The standard InChI is InChI=1S/C17H18N2/c1-13-8-10-16-15(12-13)18-17(19(16)2)11-9-14-6-4-3-5-7-14/h3-8,10,12H,9,11H2,1-2H3. The van der Waals surface area contributed by atoms with E-state index in [-0.39, 0.29) is 0 Å². The molecule has 0 saturated heterocycles. The molecule has 0 aliphatic heterocycles. The minimum Gasteiger partial charge on any atom is -0.331 e. The molecule has 2 aromatic carbocycles. The fourth-order valence-electron chi connectivity index (χ4n) is 2.48. The zero-order valence-corrected chi connectivity index (χ0v) is 11.4. The smallest absolute Gasteiger partial charge is 0.109 e. The van der Waals surface area contributed by atoms with Crippen molar-refractivity contribution in [3.8, 4) is 0 Å². The van der Waals surface area contributed by atoms with Crippen molar-refractivity contribution in [2.75, 3.05) is 0 Å². The summed E-state index contributed by atoms with van der Waals surface area (Å²) in [6.45, 7) is 2.11. The molecular weight excluding hydrogens is 232 g/mol. The molecule has 0 atom stereocenters. The third-order valence-corrected chi connectivity index (χ3v) is 3.61. The molecule has 3 aromatic rings. The summed E-state index contributed by atoms with van der Waals surface area (Å²) in [7, 11) is 2.10. The summed E-state index contributed by atoms with van der Waals surface area (Å²) in [5, 5.41) is 0. The second-order valence-electron chi connectivity index (χ2n) is 5.06. The molecule has 0 amide bonds. The van der Waals surface area contributed by atoms with Crippen molar-refractivity contribution in [3.63, 3.8) is 0 Å². The molecule has 3 rings (SSSR count). The Labute approximate surface area is 113 Å². The zero-order valence-electron chi connectivity index (χ0n) is 11.4. The highest BCUT2D eigenvalue weighted by Crippen LogP contribution is 2.17. The molecule has 0 saturated carbocycles. The van der Waals surface area contributed by atoms with Crippen LogP contribution in [0.2, 0.25) is 0 Å². The number of aromatic nitrogens is 2. The van der Waals surface area contributed by atoms with Crippen molar-refractivity contribution in [3.05, 3.63) is 65.5 Å². The molecule has 0 aliphatic rings. The van der Waals surface area contributed by atoms with E-state index in [0.717, 1.165) is 24.2 Å². The summed E-state index contributed by atoms with van der Waals surface area (Å²) in [5.74, 6) is 1.16. The SMILES string of the molecule is Cc1ccc2c(c1)nc(CCc1ccccc1)n2C. The minimum atomic E-state index is 0.980. The molecule has 19 heavy (non-hydrogen) atoms. The van der Waals surface area contributed by atoms with Crippen molar-refractivity contribution in [1.29, 1.82) is 0 Å². The lowest BCUT2D eigenvalue weighted by atomic mass is 10.1. The maximum Gasteiger partial charge on any atom is 0.109 e. The molecule has 0 spiro atoms. The van der Waals surface area contributed by atoms with Gasteiger partial charge in [0.05, 0.1) is 11.0 Å². The van der Waals surface area contributed by atoms with Crippen LogP contribution in [0.25, 0.3) is 11.0 Å². The normalized spacial score (nSPS) is 11.1. The van der Waals surface area contributed by atoms with Crippen LogP contribution in [0.3, 0.4) is 0 Å². The van der Waals surface area contributed by atoms with Crippen LogP contribution >= 0.6 is 0 Å². The average Bonchev–Trinajstić information content (AvgIpc) is 2.74. The third-order valence-electron chi connectivity index (χ3n) is 3.61. The number of aryl methyl sites for hydroxylation is 4. The first kappa shape index (κ1) is 12.0. The van der Waals surface area contributed by atoms with E-state index >= 15 is 0 Å². The molecule has 2 nitrogen and oxygen atoms in total. The maximum absolute atomic E-state index is 4.75. The number of benzene rings is 2. The Kier molecular flexibility index (Phi) is 3.08. The molecule has 96 valence electrons. The molecule has 0 N–H and O–H groups in total. The van der Waals surface area contributed by atoms with Gasteiger partial charge in [-0.05, 0) is 36.6 Å². The van der Waals surface area contributed by atoms with Crippen LogP contribution in [0.4, 0.5) is 0 Å². The fraction of sp³-hybridized carbons (Fsp3) is 0.235. The van der Waals surface area contributed by atoms with E-state index in [0.29, 0.717) is 0 Å². The van der Waals surface area contributed by atoms with E-state index in [9.17, 15) is 0 Å². The van der Waals surface area contributed by atoms with Gasteiger partial charge in [-0.2, -0.15) is 0 Å². The Hall–Kier alpha value is -2.09. The first-order valence-corrected chi connectivity index (χ1v) is 6.70. The van der Waals surface area contributed by atoms with Gasteiger partial charge in [0.15, 0.2) is 0 Å². The van der Waals surface area contributed by atoms with E-state index in [2.05, 4.69) is 67.1 Å². The highest BCUT2D eigenvalue weighted by atomic mass is 15.1. The van der Waals surface area contributed by atoms with Crippen molar-refractivity contribution in [1.82, 2.24) is 9.55 Å². The Morgan fingerprint density at radius 3 is 2.58 bits per heavy atom. The molecule has 0 unspecified atom stereocenters. The molecule has 0 aliphatic carbocycles. The predicted molar refractivity (Wildman–Crippen MR) is 79.3 cm³/mol. The van der Waals surface area contributed by atoms with Gasteiger partial charge in [-0.1, -0.05) is 36.4 Å². The minimum absolute atomic E-state index is 0.980. The molecule has 0 bridgehead atoms. The van der Waals surface area contributed by atoms with Crippen LogP contribution < -0.4 is 0 Å². The number of rotatable bonds is 3. The van der Waals surface area contributed by atoms with Gasteiger partial charge in [-0.15, -0.1) is 0 Å².